The van der Waals surface area contributed by atoms with Crippen molar-refractivity contribution >= 4 is 17.5 Å². The third-order valence-electron chi connectivity index (χ3n) is 3.95. The molecule has 0 fully saturated rings. The summed E-state index contributed by atoms with van der Waals surface area (Å²) < 4.78 is 1.76. The molecule has 1 amide bonds. The zero-order valence-corrected chi connectivity index (χ0v) is 14.3. The summed E-state index contributed by atoms with van der Waals surface area (Å²) in [7, 11) is 0. The molecule has 0 bridgehead atoms. The summed E-state index contributed by atoms with van der Waals surface area (Å²) in [5, 5.41) is 7.98. The van der Waals surface area contributed by atoms with Crippen LogP contribution in [-0.4, -0.2) is 15.7 Å². The van der Waals surface area contributed by atoms with Crippen LogP contribution in [0.5, 0.6) is 0 Å². The first-order valence-electron chi connectivity index (χ1n) is 7.72. The molecule has 4 nitrogen and oxygen atoms in total. The predicted octanol–water partition coefficient (Wildman–Crippen LogP) is 4.33. The molecular formula is C19H18ClN3O. The van der Waals surface area contributed by atoms with Crippen LogP contribution < -0.4 is 5.32 Å². The number of carbonyl (C=O) groups is 1. The molecular weight excluding hydrogens is 322 g/mol. The van der Waals surface area contributed by atoms with Crippen molar-refractivity contribution in [3.8, 4) is 5.69 Å². The van der Waals surface area contributed by atoms with Crippen molar-refractivity contribution < 1.29 is 4.79 Å². The van der Waals surface area contributed by atoms with Gasteiger partial charge in [0.1, 0.15) is 0 Å². The lowest BCUT2D eigenvalue weighted by Crippen LogP contribution is -2.27. The highest BCUT2D eigenvalue weighted by molar-refractivity contribution is 6.30. The number of amides is 1. The molecule has 0 radical (unpaired) electrons. The normalized spacial score (nSPS) is 12.0. The number of nitrogens with one attached hydrogen (secondary N) is 1. The molecule has 1 unspecified atom stereocenters. The number of benzene rings is 2. The van der Waals surface area contributed by atoms with E-state index in [4.69, 9.17) is 11.6 Å². The fraction of sp³-hybridized carbons (Fsp3) is 0.158. The Morgan fingerprint density at radius 3 is 2.62 bits per heavy atom. The van der Waals surface area contributed by atoms with Crippen LogP contribution in [0.25, 0.3) is 5.69 Å². The number of hydrogen-bond donors (Lipinski definition) is 1. The van der Waals surface area contributed by atoms with Crippen molar-refractivity contribution in [1.29, 1.82) is 0 Å². The third kappa shape index (κ3) is 3.34. The standard InChI is InChI=1S/C19H18ClN3O/c1-13(15-7-6-8-16(20)11-15)22-19(24)18-12-21-23(14(18)2)17-9-4-3-5-10-17/h3-13H,1-2H3,(H,22,24). The summed E-state index contributed by atoms with van der Waals surface area (Å²) in [6.45, 7) is 3.82. The first-order chi connectivity index (χ1) is 11.6. The van der Waals surface area contributed by atoms with Crippen molar-refractivity contribution in [3.05, 3.63) is 82.6 Å². The molecule has 122 valence electrons. The minimum Gasteiger partial charge on any atom is -0.345 e. The maximum Gasteiger partial charge on any atom is 0.255 e. The maximum atomic E-state index is 12.6. The van der Waals surface area contributed by atoms with Gasteiger partial charge in [-0.05, 0) is 43.7 Å². The van der Waals surface area contributed by atoms with Crippen LogP contribution in [0.3, 0.4) is 0 Å². The van der Waals surface area contributed by atoms with Crippen LogP contribution in [0.1, 0.15) is 34.6 Å². The van der Waals surface area contributed by atoms with Crippen LogP contribution >= 0.6 is 11.6 Å². The molecule has 24 heavy (non-hydrogen) atoms. The molecule has 2 aromatic carbocycles. The number of aromatic nitrogens is 2. The predicted molar refractivity (Wildman–Crippen MR) is 95.6 cm³/mol. The second kappa shape index (κ2) is 6.89. The highest BCUT2D eigenvalue weighted by Crippen LogP contribution is 2.19. The molecule has 0 aliphatic heterocycles. The molecule has 0 aliphatic rings. The van der Waals surface area contributed by atoms with E-state index < -0.39 is 0 Å². The first-order valence-corrected chi connectivity index (χ1v) is 8.10. The van der Waals surface area contributed by atoms with Gasteiger partial charge in [0, 0.05) is 5.02 Å². The SMILES string of the molecule is Cc1c(C(=O)NC(C)c2cccc(Cl)c2)cnn1-c1ccccc1. The Morgan fingerprint density at radius 2 is 1.92 bits per heavy atom. The van der Waals surface area contributed by atoms with Crippen molar-refractivity contribution in [2.75, 3.05) is 0 Å². The number of carbonyl (C=O) groups excluding carboxylic acids is 1. The highest BCUT2D eigenvalue weighted by Gasteiger charge is 2.17. The third-order valence-corrected chi connectivity index (χ3v) is 4.19. The molecule has 1 N–H and O–H groups in total. The Kier molecular flexibility index (Phi) is 4.67. The van der Waals surface area contributed by atoms with E-state index in [0.717, 1.165) is 16.9 Å². The Hall–Kier alpha value is -2.59. The lowest BCUT2D eigenvalue weighted by molar-refractivity contribution is 0.0939. The van der Waals surface area contributed by atoms with Gasteiger partial charge in [-0.3, -0.25) is 4.79 Å². The zero-order valence-electron chi connectivity index (χ0n) is 13.5. The lowest BCUT2D eigenvalue weighted by Gasteiger charge is -2.14. The van der Waals surface area contributed by atoms with E-state index in [1.54, 1.807) is 10.9 Å². The second-order valence-electron chi connectivity index (χ2n) is 5.64. The molecule has 1 aromatic heterocycles. The summed E-state index contributed by atoms with van der Waals surface area (Å²) in [5.74, 6) is -0.151. The smallest absolute Gasteiger partial charge is 0.255 e. The van der Waals surface area contributed by atoms with Gasteiger partial charge in [0.15, 0.2) is 0 Å². The minimum atomic E-state index is -0.151. The van der Waals surface area contributed by atoms with Gasteiger partial charge in [-0.25, -0.2) is 4.68 Å². The number of para-hydroxylation sites is 1. The van der Waals surface area contributed by atoms with Crippen LogP contribution in [0.4, 0.5) is 0 Å². The summed E-state index contributed by atoms with van der Waals surface area (Å²) in [6.07, 6.45) is 1.60. The van der Waals surface area contributed by atoms with E-state index in [9.17, 15) is 4.79 Å². The largest absolute Gasteiger partial charge is 0.345 e. The Morgan fingerprint density at radius 1 is 1.17 bits per heavy atom. The van der Waals surface area contributed by atoms with E-state index in [0.29, 0.717) is 10.6 Å². The van der Waals surface area contributed by atoms with Gasteiger partial charge < -0.3 is 5.32 Å². The first kappa shape index (κ1) is 16.3. The summed E-state index contributed by atoms with van der Waals surface area (Å²) in [6, 6.07) is 17.1. The molecule has 5 heteroatoms. The minimum absolute atomic E-state index is 0.143. The van der Waals surface area contributed by atoms with E-state index in [2.05, 4.69) is 10.4 Å². The lowest BCUT2D eigenvalue weighted by atomic mass is 10.1. The molecule has 0 saturated heterocycles. The number of hydrogen-bond acceptors (Lipinski definition) is 2. The van der Waals surface area contributed by atoms with Gasteiger partial charge in [0.05, 0.1) is 29.2 Å². The molecule has 1 atom stereocenters. The van der Waals surface area contributed by atoms with Gasteiger partial charge in [-0.15, -0.1) is 0 Å². The fourth-order valence-electron chi connectivity index (χ4n) is 2.60. The summed E-state index contributed by atoms with van der Waals surface area (Å²) in [4.78, 5) is 12.6. The van der Waals surface area contributed by atoms with Crippen LogP contribution in [0, 0.1) is 6.92 Å². The van der Waals surface area contributed by atoms with E-state index in [1.807, 2.05) is 68.4 Å². The van der Waals surface area contributed by atoms with Gasteiger partial charge >= 0.3 is 0 Å². The second-order valence-corrected chi connectivity index (χ2v) is 6.08. The van der Waals surface area contributed by atoms with Crippen LogP contribution in [-0.2, 0) is 0 Å². The van der Waals surface area contributed by atoms with Gasteiger partial charge in [-0.1, -0.05) is 41.9 Å². The maximum absolute atomic E-state index is 12.6. The molecule has 0 aliphatic carbocycles. The topological polar surface area (TPSA) is 46.9 Å². The summed E-state index contributed by atoms with van der Waals surface area (Å²) >= 11 is 6.01. The number of nitrogens with zero attached hydrogens (tertiary/aromatic N) is 2. The van der Waals surface area contributed by atoms with Crippen molar-refractivity contribution in [2.45, 2.75) is 19.9 Å². The van der Waals surface area contributed by atoms with Crippen molar-refractivity contribution in [2.24, 2.45) is 0 Å². The highest BCUT2D eigenvalue weighted by atomic mass is 35.5. The van der Waals surface area contributed by atoms with Crippen molar-refractivity contribution in [1.82, 2.24) is 15.1 Å². The Balaban J connectivity index is 1.80. The molecule has 0 spiro atoms. The van der Waals surface area contributed by atoms with Gasteiger partial charge in [0.25, 0.3) is 5.91 Å². The van der Waals surface area contributed by atoms with E-state index >= 15 is 0 Å². The van der Waals surface area contributed by atoms with E-state index in [1.165, 1.54) is 0 Å². The number of halogens is 1. The van der Waals surface area contributed by atoms with Crippen molar-refractivity contribution in [3.63, 3.8) is 0 Å². The molecule has 0 saturated carbocycles. The molecule has 3 rings (SSSR count). The average molecular weight is 340 g/mol. The van der Waals surface area contributed by atoms with E-state index in [-0.39, 0.29) is 11.9 Å². The summed E-state index contributed by atoms with van der Waals surface area (Å²) in [5.41, 5.74) is 3.26. The molecule has 1 heterocycles. The quantitative estimate of drug-likeness (QED) is 0.769. The van der Waals surface area contributed by atoms with Crippen LogP contribution in [0.15, 0.2) is 60.8 Å². The average Bonchev–Trinajstić information content (AvgIpc) is 2.97. The molecule has 3 aromatic rings. The van der Waals surface area contributed by atoms with Gasteiger partial charge in [-0.2, -0.15) is 5.10 Å². The fourth-order valence-corrected chi connectivity index (χ4v) is 2.79. The zero-order chi connectivity index (χ0) is 17.1. The van der Waals surface area contributed by atoms with Crippen LogP contribution in [0.2, 0.25) is 5.02 Å². The van der Waals surface area contributed by atoms with Gasteiger partial charge in [0.2, 0.25) is 0 Å². The Bertz CT molecular complexity index is 858. The monoisotopic (exact) mass is 339 g/mol. The number of rotatable bonds is 4. The Labute approximate surface area is 146 Å².